The van der Waals surface area contributed by atoms with Crippen molar-refractivity contribution in [3.05, 3.63) is 36.0 Å². The van der Waals surface area contributed by atoms with Crippen molar-refractivity contribution >= 4 is 34.6 Å². The molecule has 186 valence electrons. The lowest BCUT2D eigenvalue weighted by Crippen LogP contribution is -2.61. The maximum absolute atomic E-state index is 13.3. The average molecular weight is 506 g/mol. The number of fused-ring (bicyclic) bond motifs is 1. The molecule has 0 spiro atoms. The van der Waals surface area contributed by atoms with E-state index in [0.717, 1.165) is 80.7 Å². The van der Waals surface area contributed by atoms with E-state index < -0.39 is 11.7 Å². The third kappa shape index (κ3) is 4.54. The first kappa shape index (κ1) is 22.9. The Morgan fingerprint density at radius 3 is 2.69 bits per heavy atom. The number of anilines is 2. The van der Waals surface area contributed by atoms with Gasteiger partial charge in [0.25, 0.3) is 0 Å². The Balaban J connectivity index is 1.35. The number of hydrogen-bond acceptors (Lipinski definition) is 8. The molecule has 8 nitrogen and oxygen atoms in total. The molecule has 1 aromatic carbocycles. The van der Waals surface area contributed by atoms with Gasteiger partial charge in [0, 0.05) is 44.0 Å². The number of nitrogens with zero attached hydrogens (tertiary/aromatic N) is 6. The van der Waals surface area contributed by atoms with Crippen LogP contribution >= 0.6 is 11.8 Å². The quantitative estimate of drug-likeness (QED) is 0.567. The minimum absolute atomic E-state index is 0.271. The summed E-state index contributed by atoms with van der Waals surface area (Å²) in [6.45, 7) is 5.03. The van der Waals surface area contributed by atoms with Gasteiger partial charge < -0.3 is 15.0 Å². The van der Waals surface area contributed by atoms with Gasteiger partial charge in [-0.3, -0.25) is 4.90 Å². The fourth-order valence-corrected chi connectivity index (χ4v) is 5.99. The second-order valence-corrected chi connectivity index (χ2v) is 10.3. The molecule has 6 rings (SSSR count). The highest BCUT2D eigenvalue weighted by Crippen LogP contribution is 2.34. The van der Waals surface area contributed by atoms with Crippen LogP contribution < -0.4 is 10.2 Å². The van der Waals surface area contributed by atoms with Crippen molar-refractivity contribution in [2.75, 3.05) is 61.1 Å². The molecule has 0 saturated carbocycles. The zero-order valence-corrected chi connectivity index (χ0v) is 19.9. The minimum atomic E-state index is -4.43. The molecule has 0 amide bonds. The topological polar surface area (TPSA) is 71.3 Å². The lowest BCUT2D eigenvalue weighted by atomic mass is 10.1. The zero-order valence-electron chi connectivity index (χ0n) is 19.0. The lowest BCUT2D eigenvalue weighted by molar-refractivity contribution is -0.137. The van der Waals surface area contributed by atoms with E-state index in [4.69, 9.17) is 14.7 Å². The van der Waals surface area contributed by atoms with Crippen LogP contribution in [0.2, 0.25) is 0 Å². The van der Waals surface area contributed by atoms with Crippen molar-refractivity contribution in [1.82, 2.24) is 24.6 Å². The first-order chi connectivity index (χ1) is 17.0. The number of halogens is 3. The summed E-state index contributed by atoms with van der Waals surface area (Å²) in [4.78, 5) is 14.2. The number of benzene rings is 1. The van der Waals surface area contributed by atoms with Crippen LogP contribution in [0.1, 0.15) is 12.0 Å². The van der Waals surface area contributed by atoms with Gasteiger partial charge in [-0.05, 0) is 30.4 Å². The van der Waals surface area contributed by atoms with Crippen LogP contribution in [0.3, 0.4) is 0 Å². The van der Waals surface area contributed by atoms with Gasteiger partial charge in [-0.15, -0.1) is 0 Å². The smallest absolute Gasteiger partial charge is 0.379 e. The Morgan fingerprint density at radius 1 is 1.11 bits per heavy atom. The van der Waals surface area contributed by atoms with Crippen molar-refractivity contribution in [2.24, 2.45) is 0 Å². The summed E-state index contributed by atoms with van der Waals surface area (Å²) < 4.78 is 47.0. The van der Waals surface area contributed by atoms with Gasteiger partial charge in [0.2, 0.25) is 5.95 Å². The molecule has 2 aromatic heterocycles. The summed E-state index contributed by atoms with van der Waals surface area (Å²) in [7, 11) is 0. The van der Waals surface area contributed by atoms with Gasteiger partial charge in [-0.1, -0.05) is 6.07 Å². The fourth-order valence-electron chi connectivity index (χ4n) is 4.83. The number of morpholine rings is 1. The monoisotopic (exact) mass is 505 g/mol. The summed E-state index contributed by atoms with van der Waals surface area (Å²) in [6, 6.07) is 5.88. The maximum atomic E-state index is 13.3. The summed E-state index contributed by atoms with van der Waals surface area (Å²) >= 11 is 1.88. The Labute approximate surface area is 204 Å². The molecular formula is C23H26F3N7OS. The Bertz CT molecular complexity index is 1200. The van der Waals surface area contributed by atoms with E-state index in [1.54, 1.807) is 12.3 Å². The average Bonchev–Trinajstić information content (AvgIpc) is 3.48. The van der Waals surface area contributed by atoms with E-state index in [9.17, 15) is 13.2 Å². The molecule has 3 aliphatic heterocycles. The van der Waals surface area contributed by atoms with Crippen LogP contribution in [-0.4, -0.2) is 87.6 Å². The fraction of sp³-hybridized carbons (Fsp3) is 0.522. The van der Waals surface area contributed by atoms with Crippen molar-refractivity contribution in [3.8, 4) is 5.69 Å². The van der Waals surface area contributed by atoms with Crippen LogP contribution in [0.25, 0.3) is 16.7 Å². The largest absolute Gasteiger partial charge is 0.416 e. The molecule has 3 aliphatic rings. The van der Waals surface area contributed by atoms with E-state index in [2.05, 4.69) is 20.2 Å². The molecule has 0 radical (unpaired) electrons. The first-order valence-electron chi connectivity index (χ1n) is 11.8. The molecule has 0 bridgehead atoms. The normalized spacial score (nSPS) is 22.0. The standard InChI is InChI=1S/C23H26F3N7OS/c24-23(25,26)15-2-1-3-17(10-15)33-21-19(11-27-33)20(29-22(30-21)28-16-4-9-35-14-16)32-12-18(13-32)31-5-7-34-8-6-31/h1-3,10-11,16,18H,4-9,12-14H2,(H,28,29,30). The minimum Gasteiger partial charge on any atom is -0.379 e. The van der Waals surface area contributed by atoms with Crippen LogP contribution in [0.15, 0.2) is 30.5 Å². The molecule has 1 N–H and O–H groups in total. The highest BCUT2D eigenvalue weighted by Gasteiger charge is 2.35. The first-order valence-corrected chi connectivity index (χ1v) is 13.0. The molecule has 3 aromatic rings. The Hall–Kier alpha value is -2.57. The third-order valence-electron chi connectivity index (χ3n) is 6.81. The molecule has 3 fully saturated rings. The number of nitrogens with one attached hydrogen (secondary N) is 1. The van der Waals surface area contributed by atoms with Crippen LogP contribution in [-0.2, 0) is 10.9 Å². The van der Waals surface area contributed by atoms with Crippen LogP contribution in [0, 0.1) is 0 Å². The number of ether oxygens (including phenoxy) is 1. The zero-order chi connectivity index (χ0) is 24.0. The van der Waals surface area contributed by atoms with Crippen molar-refractivity contribution in [1.29, 1.82) is 0 Å². The van der Waals surface area contributed by atoms with Crippen molar-refractivity contribution < 1.29 is 17.9 Å². The summed E-state index contributed by atoms with van der Waals surface area (Å²) in [6.07, 6.45) is -1.75. The number of aromatic nitrogens is 4. The summed E-state index contributed by atoms with van der Waals surface area (Å²) in [5.74, 6) is 3.32. The second kappa shape index (κ2) is 9.14. The van der Waals surface area contributed by atoms with Gasteiger partial charge in [0.15, 0.2) is 5.65 Å². The molecule has 1 unspecified atom stereocenters. The molecule has 0 aliphatic carbocycles. The highest BCUT2D eigenvalue weighted by molar-refractivity contribution is 7.99. The third-order valence-corrected chi connectivity index (χ3v) is 7.98. The Kier molecular flexibility index (Phi) is 5.97. The van der Waals surface area contributed by atoms with Crippen LogP contribution in [0.4, 0.5) is 24.9 Å². The summed E-state index contributed by atoms with van der Waals surface area (Å²) in [5, 5.41) is 8.60. The maximum Gasteiger partial charge on any atom is 0.416 e. The molecule has 35 heavy (non-hydrogen) atoms. The van der Waals surface area contributed by atoms with E-state index >= 15 is 0 Å². The number of rotatable bonds is 5. The number of thioether (sulfide) groups is 1. The number of alkyl halides is 3. The molecule has 5 heterocycles. The van der Waals surface area contributed by atoms with Gasteiger partial charge in [0.1, 0.15) is 5.82 Å². The molecule has 12 heteroatoms. The van der Waals surface area contributed by atoms with Gasteiger partial charge in [-0.25, -0.2) is 4.68 Å². The SMILES string of the molecule is FC(F)(F)c1cccc(-n2ncc3c(N4CC(N5CCOCC5)C4)nc(NC4CCSC4)nc32)c1. The number of hydrogen-bond donors (Lipinski definition) is 1. The van der Waals surface area contributed by atoms with Crippen LogP contribution in [0.5, 0.6) is 0 Å². The van der Waals surface area contributed by atoms with E-state index in [0.29, 0.717) is 23.3 Å². The predicted molar refractivity (Wildman–Crippen MR) is 129 cm³/mol. The van der Waals surface area contributed by atoms with Gasteiger partial charge in [0.05, 0.1) is 36.0 Å². The molecule has 3 saturated heterocycles. The highest BCUT2D eigenvalue weighted by atomic mass is 32.2. The van der Waals surface area contributed by atoms with E-state index in [1.807, 2.05) is 11.8 Å². The molecule has 1 atom stereocenters. The van der Waals surface area contributed by atoms with E-state index in [-0.39, 0.29) is 6.04 Å². The van der Waals surface area contributed by atoms with Crippen molar-refractivity contribution in [3.63, 3.8) is 0 Å². The van der Waals surface area contributed by atoms with Gasteiger partial charge >= 0.3 is 6.18 Å². The second-order valence-electron chi connectivity index (χ2n) is 9.12. The lowest BCUT2D eigenvalue weighted by Gasteiger charge is -2.47. The molecular weight excluding hydrogens is 479 g/mol. The van der Waals surface area contributed by atoms with Gasteiger partial charge in [-0.2, -0.15) is 40.0 Å². The Morgan fingerprint density at radius 2 is 1.94 bits per heavy atom. The van der Waals surface area contributed by atoms with Crippen molar-refractivity contribution in [2.45, 2.75) is 24.7 Å². The summed E-state index contributed by atoms with van der Waals surface area (Å²) in [5.41, 5.74) is 0.0966. The van der Waals surface area contributed by atoms with E-state index in [1.165, 1.54) is 10.7 Å². The predicted octanol–water partition coefficient (Wildman–Crippen LogP) is 3.27.